The monoisotopic (exact) mass is 250 g/mol. The van der Waals surface area contributed by atoms with E-state index in [1.807, 2.05) is 19.1 Å². The van der Waals surface area contributed by atoms with Gasteiger partial charge in [-0.05, 0) is 57.0 Å². The minimum atomic E-state index is -0.121. The molecule has 1 aromatic rings. The van der Waals surface area contributed by atoms with Gasteiger partial charge >= 0.3 is 0 Å². The standard InChI is InChI=1S/C15H23FN2/c1-12-9-14(5-6-15(12)16)10-17-13(2)11-18-7-3-4-8-18/h5-6,9,13,17H,3-4,7-8,10-11H2,1-2H3. The van der Waals surface area contributed by atoms with Gasteiger partial charge in [0.25, 0.3) is 0 Å². The lowest BCUT2D eigenvalue weighted by Crippen LogP contribution is -2.37. The number of halogens is 1. The highest BCUT2D eigenvalue weighted by molar-refractivity contribution is 5.23. The Balaban J connectivity index is 1.77. The van der Waals surface area contributed by atoms with Gasteiger partial charge in [-0.3, -0.25) is 0 Å². The van der Waals surface area contributed by atoms with E-state index in [-0.39, 0.29) is 5.82 Å². The second-order valence-corrected chi connectivity index (χ2v) is 5.37. The molecule has 0 saturated carbocycles. The quantitative estimate of drug-likeness (QED) is 0.864. The molecule has 2 nitrogen and oxygen atoms in total. The first-order chi connectivity index (χ1) is 8.65. The molecule has 0 aliphatic carbocycles. The Labute approximate surface area is 109 Å². The minimum absolute atomic E-state index is 0.121. The summed E-state index contributed by atoms with van der Waals surface area (Å²) >= 11 is 0. The van der Waals surface area contributed by atoms with E-state index in [4.69, 9.17) is 0 Å². The Morgan fingerprint density at radius 3 is 2.72 bits per heavy atom. The van der Waals surface area contributed by atoms with Crippen LogP contribution in [0.25, 0.3) is 0 Å². The summed E-state index contributed by atoms with van der Waals surface area (Å²) in [6, 6.07) is 5.81. The fraction of sp³-hybridized carbons (Fsp3) is 0.600. The van der Waals surface area contributed by atoms with Crippen molar-refractivity contribution in [1.29, 1.82) is 0 Å². The van der Waals surface area contributed by atoms with Crippen molar-refractivity contribution in [2.45, 2.75) is 39.3 Å². The van der Waals surface area contributed by atoms with Gasteiger partial charge in [-0.25, -0.2) is 4.39 Å². The van der Waals surface area contributed by atoms with E-state index in [1.54, 1.807) is 6.07 Å². The molecule has 1 unspecified atom stereocenters. The maximum atomic E-state index is 13.1. The molecule has 100 valence electrons. The van der Waals surface area contributed by atoms with Crippen LogP contribution in [0.3, 0.4) is 0 Å². The molecule has 1 aliphatic heterocycles. The van der Waals surface area contributed by atoms with Crippen LogP contribution in [0.2, 0.25) is 0 Å². The summed E-state index contributed by atoms with van der Waals surface area (Å²) in [7, 11) is 0. The van der Waals surface area contributed by atoms with Gasteiger partial charge < -0.3 is 10.2 Å². The lowest BCUT2D eigenvalue weighted by atomic mass is 10.1. The summed E-state index contributed by atoms with van der Waals surface area (Å²) in [5.41, 5.74) is 1.88. The van der Waals surface area contributed by atoms with E-state index in [9.17, 15) is 4.39 Å². The zero-order valence-electron chi connectivity index (χ0n) is 11.4. The molecule has 1 aliphatic rings. The number of benzene rings is 1. The molecule has 0 radical (unpaired) electrons. The summed E-state index contributed by atoms with van der Waals surface area (Å²) < 4.78 is 13.1. The molecular weight excluding hydrogens is 227 g/mol. The van der Waals surface area contributed by atoms with Gasteiger partial charge in [-0.1, -0.05) is 12.1 Å². The van der Waals surface area contributed by atoms with Crippen LogP contribution in [-0.2, 0) is 6.54 Å². The van der Waals surface area contributed by atoms with Crippen LogP contribution in [0, 0.1) is 12.7 Å². The first kappa shape index (κ1) is 13.5. The van der Waals surface area contributed by atoms with E-state index in [0.717, 1.165) is 24.2 Å². The van der Waals surface area contributed by atoms with Crippen molar-refractivity contribution < 1.29 is 4.39 Å². The molecule has 18 heavy (non-hydrogen) atoms. The summed E-state index contributed by atoms with van der Waals surface area (Å²) in [6.45, 7) is 8.43. The molecule has 0 amide bonds. The summed E-state index contributed by atoms with van der Waals surface area (Å²) in [4.78, 5) is 2.51. The van der Waals surface area contributed by atoms with E-state index in [1.165, 1.54) is 25.9 Å². The first-order valence-electron chi connectivity index (χ1n) is 6.86. The SMILES string of the molecule is Cc1cc(CNC(C)CN2CCCC2)ccc1F. The molecule has 1 atom stereocenters. The molecule has 1 heterocycles. The number of rotatable bonds is 5. The third-order valence-corrected chi connectivity index (χ3v) is 3.61. The Kier molecular flexibility index (Phi) is 4.72. The number of nitrogens with one attached hydrogen (secondary N) is 1. The van der Waals surface area contributed by atoms with E-state index < -0.39 is 0 Å². The molecule has 0 spiro atoms. The average Bonchev–Trinajstić information content (AvgIpc) is 2.83. The molecule has 1 aromatic carbocycles. The predicted octanol–water partition coefficient (Wildman–Crippen LogP) is 2.71. The van der Waals surface area contributed by atoms with Crippen molar-refractivity contribution in [3.63, 3.8) is 0 Å². The normalized spacial score (nSPS) is 18.2. The predicted molar refractivity (Wildman–Crippen MR) is 73.1 cm³/mol. The molecule has 1 N–H and O–H groups in total. The van der Waals surface area contributed by atoms with Crippen LogP contribution in [-0.4, -0.2) is 30.6 Å². The fourth-order valence-corrected chi connectivity index (χ4v) is 2.53. The van der Waals surface area contributed by atoms with E-state index in [0.29, 0.717) is 6.04 Å². The van der Waals surface area contributed by atoms with E-state index in [2.05, 4.69) is 17.1 Å². The highest BCUT2D eigenvalue weighted by atomic mass is 19.1. The number of likely N-dealkylation sites (tertiary alicyclic amines) is 1. The van der Waals surface area contributed by atoms with Gasteiger partial charge in [0.1, 0.15) is 5.82 Å². The Hall–Kier alpha value is -0.930. The van der Waals surface area contributed by atoms with Gasteiger partial charge in [-0.15, -0.1) is 0 Å². The van der Waals surface area contributed by atoms with Crippen molar-refractivity contribution in [2.75, 3.05) is 19.6 Å². The van der Waals surface area contributed by atoms with Gasteiger partial charge in [0.2, 0.25) is 0 Å². The van der Waals surface area contributed by atoms with Crippen molar-refractivity contribution in [1.82, 2.24) is 10.2 Å². The van der Waals surface area contributed by atoms with Crippen molar-refractivity contribution in [3.05, 3.63) is 35.1 Å². The van der Waals surface area contributed by atoms with Gasteiger partial charge in [0, 0.05) is 19.1 Å². The molecule has 2 rings (SSSR count). The van der Waals surface area contributed by atoms with Crippen LogP contribution in [0.5, 0.6) is 0 Å². The molecule has 1 fully saturated rings. The number of nitrogens with zero attached hydrogens (tertiary/aromatic N) is 1. The highest BCUT2D eigenvalue weighted by Gasteiger charge is 2.14. The van der Waals surface area contributed by atoms with Crippen molar-refractivity contribution in [2.24, 2.45) is 0 Å². The van der Waals surface area contributed by atoms with Gasteiger partial charge in [0.05, 0.1) is 0 Å². The Morgan fingerprint density at radius 1 is 1.33 bits per heavy atom. The second-order valence-electron chi connectivity index (χ2n) is 5.37. The second kappa shape index (κ2) is 6.30. The maximum absolute atomic E-state index is 13.1. The largest absolute Gasteiger partial charge is 0.309 e. The topological polar surface area (TPSA) is 15.3 Å². The minimum Gasteiger partial charge on any atom is -0.309 e. The van der Waals surface area contributed by atoms with Crippen LogP contribution in [0.4, 0.5) is 4.39 Å². The highest BCUT2D eigenvalue weighted by Crippen LogP contribution is 2.10. The van der Waals surface area contributed by atoms with Crippen LogP contribution in [0.15, 0.2) is 18.2 Å². The molecule has 0 aromatic heterocycles. The maximum Gasteiger partial charge on any atom is 0.126 e. The van der Waals surface area contributed by atoms with E-state index >= 15 is 0 Å². The zero-order valence-corrected chi connectivity index (χ0v) is 11.4. The lowest BCUT2D eigenvalue weighted by Gasteiger charge is -2.21. The number of hydrogen-bond donors (Lipinski definition) is 1. The fourth-order valence-electron chi connectivity index (χ4n) is 2.53. The van der Waals surface area contributed by atoms with Crippen LogP contribution < -0.4 is 5.32 Å². The summed E-state index contributed by atoms with van der Waals surface area (Å²) in [5.74, 6) is -0.121. The third kappa shape index (κ3) is 3.79. The molecule has 0 bridgehead atoms. The average molecular weight is 250 g/mol. The lowest BCUT2D eigenvalue weighted by molar-refractivity contribution is 0.298. The first-order valence-corrected chi connectivity index (χ1v) is 6.86. The third-order valence-electron chi connectivity index (χ3n) is 3.61. The number of aryl methyl sites for hydroxylation is 1. The Bertz CT molecular complexity index is 386. The smallest absolute Gasteiger partial charge is 0.126 e. The van der Waals surface area contributed by atoms with Crippen molar-refractivity contribution in [3.8, 4) is 0 Å². The van der Waals surface area contributed by atoms with Crippen LogP contribution >= 0.6 is 0 Å². The molecular formula is C15H23FN2. The summed E-state index contributed by atoms with van der Waals surface area (Å²) in [5, 5.41) is 3.51. The summed E-state index contributed by atoms with van der Waals surface area (Å²) in [6.07, 6.45) is 2.67. The molecule has 1 saturated heterocycles. The van der Waals surface area contributed by atoms with Crippen molar-refractivity contribution >= 4 is 0 Å². The van der Waals surface area contributed by atoms with Gasteiger partial charge in [0.15, 0.2) is 0 Å². The van der Waals surface area contributed by atoms with Gasteiger partial charge in [-0.2, -0.15) is 0 Å². The molecule has 3 heteroatoms. The zero-order chi connectivity index (χ0) is 13.0. The number of hydrogen-bond acceptors (Lipinski definition) is 2. The Morgan fingerprint density at radius 2 is 2.06 bits per heavy atom. The van der Waals surface area contributed by atoms with Crippen LogP contribution in [0.1, 0.15) is 30.9 Å².